The number of fused-ring (bicyclic) bond motifs is 1. The van der Waals surface area contributed by atoms with E-state index in [0.717, 1.165) is 28.2 Å². The molecule has 0 N–H and O–H groups in total. The molecule has 0 fully saturated rings. The number of benzene rings is 10. The van der Waals surface area contributed by atoms with E-state index < -0.39 is 0 Å². The average Bonchev–Trinajstić information content (AvgIpc) is 3.33. The van der Waals surface area contributed by atoms with E-state index in [1.165, 1.54) is 66.4 Å². The molecule has 0 unspecified atom stereocenters. The highest BCUT2D eigenvalue weighted by molar-refractivity contribution is 6.06. The Morgan fingerprint density at radius 2 is 0.525 bits per heavy atom. The first-order valence-corrected chi connectivity index (χ1v) is 20.3. The Morgan fingerprint density at radius 3 is 1.05 bits per heavy atom. The first kappa shape index (κ1) is 35.7. The molecule has 0 amide bonds. The van der Waals surface area contributed by atoms with Crippen molar-refractivity contribution in [3.8, 4) is 66.8 Å². The molecule has 1 heteroatoms. The van der Waals surface area contributed by atoms with E-state index in [1.807, 2.05) is 0 Å². The van der Waals surface area contributed by atoms with E-state index >= 15 is 0 Å². The van der Waals surface area contributed by atoms with Crippen molar-refractivity contribution >= 4 is 27.8 Å². The Hall–Kier alpha value is -7.74. The van der Waals surface area contributed by atoms with Gasteiger partial charge >= 0.3 is 0 Å². The predicted octanol–water partition coefficient (Wildman–Crippen LogP) is 16.3. The second-order valence-corrected chi connectivity index (χ2v) is 14.9. The third-order valence-corrected chi connectivity index (χ3v) is 11.3. The smallest absolute Gasteiger partial charge is 0.0540 e. The van der Waals surface area contributed by atoms with Crippen molar-refractivity contribution in [2.45, 2.75) is 0 Å². The van der Waals surface area contributed by atoms with E-state index in [1.54, 1.807) is 0 Å². The molecule has 0 heterocycles. The van der Waals surface area contributed by atoms with Crippen molar-refractivity contribution in [2.75, 3.05) is 4.90 Å². The van der Waals surface area contributed by atoms with Crippen LogP contribution in [-0.4, -0.2) is 0 Å². The molecule has 1 nitrogen and oxygen atoms in total. The molecule has 0 radical (unpaired) electrons. The van der Waals surface area contributed by atoms with Gasteiger partial charge in [0.2, 0.25) is 0 Å². The number of nitrogens with zero attached hydrogens (tertiary/aromatic N) is 1. The lowest BCUT2D eigenvalue weighted by atomic mass is 9.91. The van der Waals surface area contributed by atoms with Gasteiger partial charge in [0, 0.05) is 16.9 Å². The summed E-state index contributed by atoms with van der Waals surface area (Å²) in [4.78, 5) is 2.39. The van der Waals surface area contributed by atoms with E-state index in [0.29, 0.717) is 0 Å². The Balaban J connectivity index is 1.07. The fourth-order valence-electron chi connectivity index (χ4n) is 8.44. The molecule has 0 saturated heterocycles. The van der Waals surface area contributed by atoms with Gasteiger partial charge in [-0.05, 0) is 102 Å². The molecule has 0 aliphatic rings. The zero-order chi connectivity index (χ0) is 39.4. The zero-order valence-electron chi connectivity index (χ0n) is 32.6. The summed E-state index contributed by atoms with van der Waals surface area (Å²) in [7, 11) is 0. The van der Waals surface area contributed by atoms with E-state index in [-0.39, 0.29) is 0 Å². The normalized spacial score (nSPS) is 11.1. The van der Waals surface area contributed by atoms with Crippen LogP contribution in [0.15, 0.2) is 249 Å². The van der Waals surface area contributed by atoms with Crippen LogP contribution in [0, 0.1) is 0 Å². The van der Waals surface area contributed by atoms with Crippen molar-refractivity contribution in [3.05, 3.63) is 249 Å². The van der Waals surface area contributed by atoms with Crippen LogP contribution in [0.4, 0.5) is 17.1 Å². The van der Waals surface area contributed by atoms with Gasteiger partial charge in [-0.2, -0.15) is 0 Å². The van der Waals surface area contributed by atoms with Crippen LogP contribution >= 0.6 is 0 Å². The van der Waals surface area contributed by atoms with Crippen LogP contribution in [-0.2, 0) is 0 Å². The summed E-state index contributed by atoms with van der Waals surface area (Å²) < 4.78 is 0. The first-order chi connectivity index (χ1) is 29.3. The van der Waals surface area contributed by atoms with Crippen LogP contribution < -0.4 is 4.90 Å². The molecule has 0 saturated carbocycles. The lowest BCUT2D eigenvalue weighted by molar-refractivity contribution is 1.28. The quantitative estimate of drug-likeness (QED) is 0.142. The molecule has 0 aliphatic carbocycles. The maximum absolute atomic E-state index is 2.39. The molecule has 10 rings (SSSR count). The van der Waals surface area contributed by atoms with Gasteiger partial charge in [0.1, 0.15) is 0 Å². The standard InChI is InChI=1S/C58H41N/c1-4-16-42(17-5-1)43-34-38-50(39-35-43)59(51-40-36-48(37-41-51)56-28-15-23-49-22-14-27-55(58(49)56)45-20-8-3-9-21-45)57-29-13-12-26-54(57)47-32-30-46(31-33-47)53-25-11-10-24-52(53)44-18-6-2-7-19-44/h1-41H. The Bertz CT molecular complexity index is 2980. The molecule has 10 aromatic carbocycles. The van der Waals surface area contributed by atoms with Crippen LogP contribution in [0.5, 0.6) is 0 Å². The van der Waals surface area contributed by atoms with Crippen LogP contribution in [0.25, 0.3) is 77.5 Å². The van der Waals surface area contributed by atoms with Gasteiger partial charge < -0.3 is 4.90 Å². The van der Waals surface area contributed by atoms with Gasteiger partial charge in [0.05, 0.1) is 5.69 Å². The summed E-state index contributed by atoms with van der Waals surface area (Å²) in [5, 5.41) is 2.50. The maximum atomic E-state index is 2.39. The van der Waals surface area contributed by atoms with Gasteiger partial charge in [-0.3, -0.25) is 0 Å². The third-order valence-electron chi connectivity index (χ3n) is 11.3. The first-order valence-electron chi connectivity index (χ1n) is 20.3. The summed E-state index contributed by atoms with van der Waals surface area (Å²) in [6, 6.07) is 89.7. The van der Waals surface area contributed by atoms with Crippen molar-refractivity contribution in [2.24, 2.45) is 0 Å². The van der Waals surface area contributed by atoms with Crippen molar-refractivity contribution < 1.29 is 0 Å². The van der Waals surface area contributed by atoms with Crippen molar-refractivity contribution in [3.63, 3.8) is 0 Å². The molecule has 10 aromatic rings. The Kier molecular flexibility index (Phi) is 9.68. The molecule has 0 bridgehead atoms. The van der Waals surface area contributed by atoms with Crippen LogP contribution in [0.2, 0.25) is 0 Å². The Labute approximate surface area is 346 Å². The lowest BCUT2D eigenvalue weighted by Gasteiger charge is -2.28. The second kappa shape index (κ2) is 16.0. The number of hydrogen-bond donors (Lipinski definition) is 0. The molecule has 0 aliphatic heterocycles. The van der Waals surface area contributed by atoms with E-state index in [9.17, 15) is 0 Å². The highest BCUT2D eigenvalue weighted by Gasteiger charge is 2.19. The number of rotatable bonds is 9. The fourth-order valence-corrected chi connectivity index (χ4v) is 8.44. The third kappa shape index (κ3) is 7.12. The van der Waals surface area contributed by atoms with Gasteiger partial charge in [0.15, 0.2) is 0 Å². The summed E-state index contributed by atoms with van der Waals surface area (Å²) in [5.74, 6) is 0. The second-order valence-electron chi connectivity index (χ2n) is 14.9. The van der Waals surface area contributed by atoms with Crippen LogP contribution in [0.3, 0.4) is 0 Å². The molecule has 0 aromatic heterocycles. The molecular weight excluding hydrogens is 711 g/mol. The Morgan fingerprint density at radius 1 is 0.203 bits per heavy atom. The zero-order valence-corrected chi connectivity index (χ0v) is 32.6. The molecule has 278 valence electrons. The summed E-state index contributed by atoms with van der Waals surface area (Å²) in [6.45, 7) is 0. The van der Waals surface area contributed by atoms with Crippen LogP contribution in [0.1, 0.15) is 0 Å². The summed E-state index contributed by atoms with van der Waals surface area (Å²) in [6.07, 6.45) is 0. The summed E-state index contributed by atoms with van der Waals surface area (Å²) in [5.41, 5.74) is 17.7. The minimum atomic E-state index is 1.09. The van der Waals surface area contributed by atoms with Crippen molar-refractivity contribution in [1.29, 1.82) is 0 Å². The molecule has 59 heavy (non-hydrogen) atoms. The number of para-hydroxylation sites is 1. The monoisotopic (exact) mass is 751 g/mol. The topological polar surface area (TPSA) is 3.24 Å². The van der Waals surface area contributed by atoms with E-state index in [4.69, 9.17) is 0 Å². The van der Waals surface area contributed by atoms with Gasteiger partial charge in [-0.15, -0.1) is 0 Å². The van der Waals surface area contributed by atoms with Gasteiger partial charge in [0.25, 0.3) is 0 Å². The van der Waals surface area contributed by atoms with E-state index in [2.05, 4.69) is 254 Å². The van der Waals surface area contributed by atoms with Gasteiger partial charge in [-0.1, -0.05) is 218 Å². The lowest BCUT2D eigenvalue weighted by Crippen LogP contribution is -2.11. The fraction of sp³-hybridized carbons (Fsp3) is 0. The highest BCUT2D eigenvalue weighted by Crippen LogP contribution is 2.44. The molecule has 0 atom stereocenters. The SMILES string of the molecule is c1ccc(-c2ccc(N(c3ccc(-c4cccc5cccc(-c6ccccc6)c45)cc3)c3ccccc3-c3ccc(-c4ccccc4-c4ccccc4)cc3)cc2)cc1. The largest absolute Gasteiger partial charge is 0.310 e. The number of anilines is 3. The maximum Gasteiger partial charge on any atom is 0.0540 e. The number of hydrogen-bond acceptors (Lipinski definition) is 1. The predicted molar refractivity (Wildman–Crippen MR) is 251 cm³/mol. The highest BCUT2D eigenvalue weighted by atomic mass is 15.1. The van der Waals surface area contributed by atoms with Gasteiger partial charge in [-0.25, -0.2) is 0 Å². The minimum Gasteiger partial charge on any atom is -0.310 e. The molecule has 0 spiro atoms. The summed E-state index contributed by atoms with van der Waals surface area (Å²) >= 11 is 0. The molecular formula is C58H41N. The average molecular weight is 752 g/mol. The minimum absolute atomic E-state index is 1.09. The van der Waals surface area contributed by atoms with Crippen molar-refractivity contribution in [1.82, 2.24) is 0 Å².